The number of carbonyl (C=O) groups is 2. The average Bonchev–Trinajstić information content (AvgIpc) is 3.24. The lowest BCUT2D eigenvalue weighted by molar-refractivity contribution is 0.0948. The van der Waals surface area contributed by atoms with Crippen molar-refractivity contribution in [3.8, 4) is 16.3 Å². The van der Waals surface area contributed by atoms with Crippen molar-refractivity contribution in [2.45, 2.75) is 20.8 Å². The molecule has 30 heavy (non-hydrogen) atoms. The Bertz CT molecular complexity index is 1040. The van der Waals surface area contributed by atoms with Gasteiger partial charge in [-0.05, 0) is 60.9 Å². The standard InChI is InChI=1S/C23H25N3O3S/c1-14(2)12-24-21(27)17-7-10-19(15(3)11-17)25-22(28)20-13-30-23(26-20)16-5-8-18(29-4)9-6-16/h5-11,13-14H,12H2,1-4H3,(H,24,27)(H,25,28). The van der Waals surface area contributed by atoms with Crippen LogP contribution in [0.4, 0.5) is 5.69 Å². The van der Waals surface area contributed by atoms with Crippen LogP contribution in [0.1, 0.15) is 40.3 Å². The summed E-state index contributed by atoms with van der Waals surface area (Å²) in [4.78, 5) is 29.3. The molecule has 0 aliphatic carbocycles. The molecule has 0 saturated carbocycles. The number of nitrogens with one attached hydrogen (secondary N) is 2. The summed E-state index contributed by atoms with van der Waals surface area (Å²) in [6.07, 6.45) is 0. The lowest BCUT2D eigenvalue weighted by Gasteiger charge is -2.11. The first-order valence-corrected chi connectivity index (χ1v) is 10.6. The van der Waals surface area contributed by atoms with E-state index in [4.69, 9.17) is 4.74 Å². The van der Waals surface area contributed by atoms with Gasteiger partial charge in [0.05, 0.1) is 7.11 Å². The molecule has 2 aromatic carbocycles. The van der Waals surface area contributed by atoms with E-state index in [9.17, 15) is 9.59 Å². The second-order valence-corrected chi connectivity index (χ2v) is 8.21. The van der Waals surface area contributed by atoms with Crippen LogP contribution >= 0.6 is 11.3 Å². The monoisotopic (exact) mass is 423 g/mol. The summed E-state index contributed by atoms with van der Waals surface area (Å²) in [5.41, 5.74) is 3.31. The molecule has 6 nitrogen and oxygen atoms in total. The second-order valence-electron chi connectivity index (χ2n) is 7.35. The molecule has 0 aliphatic heterocycles. The highest BCUT2D eigenvalue weighted by Gasteiger charge is 2.14. The fraction of sp³-hybridized carbons (Fsp3) is 0.261. The molecule has 0 unspecified atom stereocenters. The van der Waals surface area contributed by atoms with Gasteiger partial charge in [-0.15, -0.1) is 11.3 Å². The zero-order chi connectivity index (χ0) is 21.7. The van der Waals surface area contributed by atoms with Gasteiger partial charge in [-0.1, -0.05) is 13.8 Å². The number of ether oxygens (including phenoxy) is 1. The third kappa shape index (κ3) is 5.24. The maximum absolute atomic E-state index is 12.6. The number of hydrogen-bond acceptors (Lipinski definition) is 5. The number of amides is 2. The molecule has 0 bridgehead atoms. The molecule has 1 aromatic heterocycles. The number of rotatable bonds is 7. The van der Waals surface area contributed by atoms with Gasteiger partial charge in [0.25, 0.3) is 11.8 Å². The van der Waals surface area contributed by atoms with Crippen LogP contribution in [0.25, 0.3) is 10.6 Å². The molecular weight excluding hydrogens is 398 g/mol. The number of benzene rings is 2. The first kappa shape index (κ1) is 21.5. The van der Waals surface area contributed by atoms with E-state index in [0.717, 1.165) is 21.9 Å². The number of aryl methyl sites for hydroxylation is 1. The number of carbonyl (C=O) groups excluding carboxylic acids is 2. The highest BCUT2D eigenvalue weighted by molar-refractivity contribution is 7.13. The van der Waals surface area contributed by atoms with Crippen molar-refractivity contribution in [1.29, 1.82) is 0 Å². The molecular formula is C23H25N3O3S. The van der Waals surface area contributed by atoms with Crippen molar-refractivity contribution in [1.82, 2.24) is 10.3 Å². The molecule has 0 aliphatic rings. The third-order valence-electron chi connectivity index (χ3n) is 4.48. The van der Waals surface area contributed by atoms with Gasteiger partial charge in [0.2, 0.25) is 0 Å². The van der Waals surface area contributed by atoms with E-state index in [2.05, 4.69) is 15.6 Å². The Balaban J connectivity index is 1.68. The fourth-order valence-electron chi connectivity index (χ4n) is 2.77. The van der Waals surface area contributed by atoms with Crippen LogP contribution in [0.15, 0.2) is 47.8 Å². The summed E-state index contributed by atoms with van der Waals surface area (Å²) in [5, 5.41) is 8.27. The lowest BCUT2D eigenvalue weighted by Crippen LogP contribution is -2.27. The molecule has 3 aromatic rings. The predicted octanol–water partition coefficient (Wildman–Crippen LogP) is 4.77. The second kappa shape index (κ2) is 9.54. The summed E-state index contributed by atoms with van der Waals surface area (Å²) in [6, 6.07) is 12.8. The molecule has 1 heterocycles. The van der Waals surface area contributed by atoms with E-state index in [1.807, 2.05) is 45.0 Å². The van der Waals surface area contributed by atoms with Crippen molar-refractivity contribution in [2.24, 2.45) is 5.92 Å². The van der Waals surface area contributed by atoms with Gasteiger partial charge in [0.1, 0.15) is 16.5 Å². The van der Waals surface area contributed by atoms with Crippen LogP contribution in [-0.4, -0.2) is 30.5 Å². The Labute approximate surface area is 180 Å². The Morgan fingerprint density at radius 3 is 2.47 bits per heavy atom. The SMILES string of the molecule is COc1ccc(-c2nc(C(=O)Nc3ccc(C(=O)NCC(C)C)cc3C)cs2)cc1. The van der Waals surface area contributed by atoms with Gasteiger partial charge in [-0.2, -0.15) is 0 Å². The quantitative estimate of drug-likeness (QED) is 0.574. The van der Waals surface area contributed by atoms with E-state index in [1.165, 1.54) is 11.3 Å². The van der Waals surface area contributed by atoms with Gasteiger partial charge < -0.3 is 15.4 Å². The number of thiazole rings is 1. The highest BCUT2D eigenvalue weighted by Crippen LogP contribution is 2.26. The molecule has 0 fully saturated rings. The normalized spacial score (nSPS) is 10.7. The van der Waals surface area contributed by atoms with Crippen LogP contribution in [0, 0.1) is 12.8 Å². The lowest BCUT2D eigenvalue weighted by atomic mass is 10.1. The molecule has 2 amide bonds. The molecule has 0 atom stereocenters. The Morgan fingerprint density at radius 2 is 1.83 bits per heavy atom. The summed E-state index contributed by atoms with van der Waals surface area (Å²) in [6.45, 7) is 6.57. The molecule has 3 rings (SSSR count). The minimum atomic E-state index is -0.286. The molecule has 0 saturated heterocycles. The molecule has 2 N–H and O–H groups in total. The fourth-order valence-corrected chi connectivity index (χ4v) is 3.58. The first-order valence-electron chi connectivity index (χ1n) is 9.67. The van der Waals surface area contributed by atoms with Gasteiger partial charge in [-0.3, -0.25) is 9.59 Å². The van der Waals surface area contributed by atoms with E-state index in [1.54, 1.807) is 30.7 Å². The largest absolute Gasteiger partial charge is 0.497 e. The Morgan fingerprint density at radius 1 is 1.10 bits per heavy atom. The van der Waals surface area contributed by atoms with E-state index < -0.39 is 0 Å². The van der Waals surface area contributed by atoms with E-state index >= 15 is 0 Å². The summed E-state index contributed by atoms with van der Waals surface area (Å²) in [7, 11) is 1.62. The van der Waals surface area contributed by atoms with E-state index in [-0.39, 0.29) is 11.8 Å². The summed E-state index contributed by atoms with van der Waals surface area (Å²) >= 11 is 1.41. The zero-order valence-corrected chi connectivity index (χ0v) is 18.3. The van der Waals surface area contributed by atoms with Crippen LogP contribution in [-0.2, 0) is 0 Å². The number of aromatic nitrogens is 1. The molecule has 156 valence electrons. The van der Waals surface area contributed by atoms with Gasteiger partial charge in [0, 0.05) is 28.7 Å². The number of anilines is 1. The topological polar surface area (TPSA) is 80.3 Å². The smallest absolute Gasteiger partial charge is 0.275 e. The third-order valence-corrected chi connectivity index (χ3v) is 5.37. The van der Waals surface area contributed by atoms with Crippen LogP contribution < -0.4 is 15.4 Å². The minimum absolute atomic E-state index is 0.117. The number of hydrogen-bond donors (Lipinski definition) is 2. The highest BCUT2D eigenvalue weighted by atomic mass is 32.1. The summed E-state index contributed by atoms with van der Waals surface area (Å²) in [5.74, 6) is 0.749. The minimum Gasteiger partial charge on any atom is -0.497 e. The van der Waals surface area contributed by atoms with Crippen LogP contribution in [0.2, 0.25) is 0 Å². The van der Waals surface area contributed by atoms with Crippen molar-refractivity contribution in [3.05, 3.63) is 64.7 Å². The summed E-state index contributed by atoms with van der Waals surface area (Å²) < 4.78 is 5.17. The maximum Gasteiger partial charge on any atom is 0.275 e. The van der Waals surface area contributed by atoms with Gasteiger partial charge >= 0.3 is 0 Å². The van der Waals surface area contributed by atoms with Crippen LogP contribution in [0.5, 0.6) is 5.75 Å². The Kier molecular flexibility index (Phi) is 6.84. The average molecular weight is 424 g/mol. The number of nitrogens with zero attached hydrogens (tertiary/aromatic N) is 1. The molecule has 7 heteroatoms. The van der Waals surface area contributed by atoms with Gasteiger partial charge in [-0.25, -0.2) is 4.98 Å². The molecule has 0 spiro atoms. The van der Waals surface area contributed by atoms with Crippen molar-refractivity contribution < 1.29 is 14.3 Å². The Hall–Kier alpha value is -3.19. The zero-order valence-electron chi connectivity index (χ0n) is 17.5. The number of methoxy groups -OCH3 is 1. The van der Waals surface area contributed by atoms with Gasteiger partial charge in [0.15, 0.2) is 0 Å². The van der Waals surface area contributed by atoms with E-state index in [0.29, 0.717) is 29.4 Å². The van der Waals surface area contributed by atoms with Crippen molar-refractivity contribution in [3.63, 3.8) is 0 Å². The van der Waals surface area contributed by atoms with Crippen LogP contribution in [0.3, 0.4) is 0 Å². The van der Waals surface area contributed by atoms with Crippen molar-refractivity contribution >= 4 is 28.8 Å². The molecule has 0 radical (unpaired) electrons. The maximum atomic E-state index is 12.6. The first-order chi connectivity index (χ1) is 14.4. The van der Waals surface area contributed by atoms with Crippen molar-refractivity contribution in [2.75, 3.05) is 19.0 Å². The predicted molar refractivity (Wildman–Crippen MR) is 120 cm³/mol.